The number of alkyl halides is 1. The highest BCUT2D eigenvalue weighted by Gasteiger charge is 1.85. The molecule has 0 heterocycles. The van der Waals surface area contributed by atoms with Crippen LogP contribution in [-0.4, -0.2) is 23.1 Å². The third-order valence-corrected chi connectivity index (χ3v) is 3.02. The second-order valence-electron chi connectivity index (χ2n) is 1.34. The van der Waals surface area contributed by atoms with Gasteiger partial charge in [0.25, 0.3) is 0 Å². The Morgan fingerprint density at radius 2 is 2.11 bits per heavy atom. The molecule has 0 aliphatic carbocycles. The number of thioether (sulfide) groups is 2. The molecule has 0 amide bonds. The molecule has 0 aromatic carbocycles. The maximum absolute atomic E-state index is 5.47. The van der Waals surface area contributed by atoms with Crippen molar-refractivity contribution >= 4 is 35.1 Å². The van der Waals surface area contributed by atoms with Crippen LogP contribution in [0.15, 0.2) is 12.0 Å². The molecule has 0 fully saturated rings. The van der Waals surface area contributed by atoms with Gasteiger partial charge in [-0.25, -0.2) is 0 Å². The lowest BCUT2D eigenvalue weighted by Crippen LogP contribution is -1.85. The lowest BCUT2D eigenvalue weighted by atomic mass is 10.9. The van der Waals surface area contributed by atoms with Crippen LogP contribution in [0, 0.1) is 0 Å². The summed E-state index contributed by atoms with van der Waals surface area (Å²) >= 11 is 9.12. The molecule has 9 heavy (non-hydrogen) atoms. The van der Waals surface area contributed by atoms with Crippen molar-refractivity contribution in [3.63, 3.8) is 0 Å². The van der Waals surface area contributed by atoms with Crippen LogP contribution in [-0.2, 0) is 0 Å². The monoisotopic (exact) mass is 182 g/mol. The van der Waals surface area contributed by atoms with E-state index in [9.17, 15) is 0 Å². The van der Waals surface area contributed by atoms with Gasteiger partial charge in [0, 0.05) is 23.1 Å². The Morgan fingerprint density at radius 1 is 1.33 bits per heavy atom. The van der Waals surface area contributed by atoms with Gasteiger partial charge in [-0.05, 0) is 5.41 Å². The average Bonchev–Trinajstić information content (AvgIpc) is 1.89. The fourth-order valence-electron chi connectivity index (χ4n) is 0.347. The van der Waals surface area contributed by atoms with Gasteiger partial charge in [0.1, 0.15) is 0 Å². The van der Waals surface area contributed by atoms with E-state index in [1.165, 1.54) is 5.75 Å². The van der Waals surface area contributed by atoms with Crippen LogP contribution in [0.5, 0.6) is 0 Å². The first-order chi connectivity index (χ1) is 4.41. The van der Waals surface area contributed by atoms with Crippen molar-refractivity contribution in [3.8, 4) is 0 Å². The highest BCUT2D eigenvalue weighted by molar-refractivity contribution is 8.04. The molecule has 0 rings (SSSR count). The quantitative estimate of drug-likeness (QED) is 0.458. The molecule has 0 saturated heterocycles. The predicted molar refractivity (Wildman–Crippen MR) is 50.7 cm³/mol. The summed E-state index contributed by atoms with van der Waals surface area (Å²) in [5.74, 6) is 4.18. The number of hydrogen-bond acceptors (Lipinski definition) is 2. The first-order valence-corrected chi connectivity index (χ1v) is 5.52. The molecule has 0 nitrogen and oxygen atoms in total. The molecular weight excluding hydrogens is 172 g/mol. The van der Waals surface area contributed by atoms with Crippen LogP contribution in [0.25, 0.3) is 0 Å². The lowest BCUT2D eigenvalue weighted by molar-refractivity contribution is 1.48. The van der Waals surface area contributed by atoms with Gasteiger partial charge in [-0.2, -0.15) is 11.8 Å². The van der Waals surface area contributed by atoms with E-state index in [-0.39, 0.29) is 0 Å². The molecule has 0 spiro atoms. The first kappa shape index (κ1) is 9.73. The van der Waals surface area contributed by atoms with Crippen LogP contribution in [0.2, 0.25) is 0 Å². The molecule has 0 unspecified atom stereocenters. The molecule has 3 heteroatoms. The van der Waals surface area contributed by atoms with E-state index in [2.05, 4.69) is 6.58 Å². The Balaban J connectivity index is 2.66. The molecule has 0 aliphatic heterocycles. The summed E-state index contributed by atoms with van der Waals surface area (Å²) in [6, 6.07) is 0. The molecule has 0 aliphatic rings. The summed E-state index contributed by atoms with van der Waals surface area (Å²) in [5, 5.41) is 1.88. The Hall–Kier alpha value is 0.730. The highest BCUT2D eigenvalue weighted by Crippen LogP contribution is 2.06. The zero-order valence-corrected chi connectivity index (χ0v) is 7.70. The minimum Gasteiger partial charge on any atom is -0.160 e. The molecule has 54 valence electrons. The normalized spacial score (nSPS) is 9.44. The van der Waals surface area contributed by atoms with Crippen molar-refractivity contribution in [1.29, 1.82) is 0 Å². The van der Waals surface area contributed by atoms with Crippen LogP contribution in [0.1, 0.15) is 0 Å². The number of rotatable bonds is 6. The van der Waals surface area contributed by atoms with E-state index < -0.39 is 0 Å². The third-order valence-electron chi connectivity index (χ3n) is 0.685. The van der Waals surface area contributed by atoms with Gasteiger partial charge in [-0.3, -0.25) is 0 Å². The number of hydrogen-bond donors (Lipinski definition) is 0. The molecular formula is C6H11ClS2. The van der Waals surface area contributed by atoms with Crippen molar-refractivity contribution < 1.29 is 0 Å². The van der Waals surface area contributed by atoms with Gasteiger partial charge < -0.3 is 0 Å². The van der Waals surface area contributed by atoms with Crippen molar-refractivity contribution in [2.75, 3.05) is 23.1 Å². The minimum absolute atomic E-state index is 0.767. The van der Waals surface area contributed by atoms with Gasteiger partial charge in [-0.1, -0.05) is 6.58 Å². The maximum Gasteiger partial charge on any atom is 0.0314 e. The molecule has 0 N–H and O–H groups in total. The SMILES string of the molecule is C=CSCCSCCCl. The Kier molecular flexibility index (Phi) is 9.44. The van der Waals surface area contributed by atoms with Crippen molar-refractivity contribution in [2.24, 2.45) is 0 Å². The topological polar surface area (TPSA) is 0 Å². The van der Waals surface area contributed by atoms with Crippen LogP contribution < -0.4 is 0 Å². The van der Waals surface area contributed by atoms with E-state index in [1.807, 2.05) is 17.2 Å². The van der Waals surface area contributed by atoms with Crippen LogP contribution in [0.4, 0.5) is 0 Å². The second-order valence-corrected chi connectivity index (χ2v) is 4.02. The molecule has 0 aromatic heterocycles. The zero-order chi connectivity index (χ0) is 6.95. The average molecular weight is 183 g/mol. The van der Waals surface area contributed by atoms with Gasteiger partial charge in [0.15, 0.2) is 0 Å². The van der Waals surface area contributed by atoms with Gasteiger partial charge in [-0.15, -0.1) is 23.4 Å². The summed E-state index contributed by atoms with van der Waals surface area (Å²) in [6.45, 7) is 3.61. The summed E-state index contributed by atoms with van der Waals surface area (Å²) in [7, 11) is 0. The van der Waals surface area contributed by atoms with E-state index in [1.54, 1.807) is 11.8 Å². The summed E-state index contributed by atoms with van der Waals surface area (Å²) in [4.78, 5) is 0. The van der Waals surface area contributed by atoms with Gasteiger partial charge >= 0.3 is 0 Å². The predicted octanol–water partition coefficient (Wildman–Crippen LogP) is 2.84. The smallest absolute Gasteiger partial charge is 0.0314 e. The molecule has 0 radical (unpaired) electrons. The zero-order valence-electron chi connectivity index (χ0n) is 5.31. The van der Waals surface area contributed by atoms with E-state index in [4.69, 9.17) is 11.6 Å². The summed E-state index contributed by atoms with van der Waals surface area (Å²) < 4.78 is 0. The Bertz CT molecular complexity index is 66.1. The van der Waals surface area contributed by atoms with Crippen LogP contribution in [0.3, 0.4) is 0 Å². The Morgan fingerprint density at radius 3 is 2.67 bits per heavy atom. The van der Waals surface area contributed by atoms with E-state index in [0.29, 0.717) is 0 Å². The summed E-state index contributed by atoms with van der Waals surface area (Å²) in [6.07, 6.45) is 0. The van der Waals surface area contributed by atoms with E-state index in [0.717, 1.165) is 17.4 Å². The molecule has 0 saturated carbocycles. The molecule has 0 aromatic rings. The van der Waals surface area contributed by atoms with Crippen LogP contribution >= 0.6 is 35.1 Å². The van der Waals surface area contributed by atoms with E-state index >= 15 is 0 Å². The van der Waals surface area contributed by atoms with Gasteiger partial charge in [0.2, 0.25) is 0 Å². The lowest BCUT2D eigenvalue weighted by Gasteiger charge is -1.94. The van der Waals surface area contributed by atoms with Crippen molar-refractivity contribution in [3.05, 3.63) is 12.0 Å². The second kappa shape index (κ2) is 8.73. The molecule has 0 bridgehead atoms. The standard InChI is InChI=1S/C6H11ClS2/c1-2-8-5-6-9-4-3-7/h2H,1,3-6H2. The highest BCUT2D eigenvalue weighted by atomic mass is 35.5. The van der Waals surface area contributed by atoms with Crippen molar-refractivity contribution in [2.45, 2.75) is 0 Å². The molecule has 0 atom stereocenters. The minimum atomic E-state index is 0.767. The largest absolute Gasteiger partial charge is 0.160 e. The van der Waals surface area contributed by atoms with Gasteiger partial charge in [0.05, 0.1) is 0 Å². The maximum atomic E-state index is 5.47. The summed E-state index contributed by atoms with van der Waals surface area (Å²) in [5.41, 5.74) is 0. The Labute approximate surface area is 70.4 Å². The first-order valence-electron chi connectivity index (χ1n) is 2.78. The number of halogens is 1. The fourth-order valence-corrected chi connectivity index (χ4v) is 2.01. The fraction of sp³-hybridized carbons (Fsp3) is 0.667. The van der Waals surface area contributed by atoms with Crippen molar-refractivity contribution in [1.82, 2.24) is 0 Å². The third kappa shape index (κ3) is 8.73.